The Morgan fingerprint density at radius 1 is 1.08 bits per heavy atom. The minimum atomic E-state index is -1.06. The summed E-state index contributed by atoms with van der Waals surface area (Å²) in [5.74, 6) is 1.45. The number of esters is 2. The third-order valence-corrected chi connectivity index (χ3v) is 3.63. The van der Waals surface area contributed by atoms with E-state index in [9.17, 15) is 9.59 Å². The molecule has 25 heavy (non-hydrogen) atoms. The fourth-order valence-corrected chi connectivity index (χ4v) is 2.50. The summed E-state index contributed by atoms with van der Waals surface area (Å²) in [5, 5.41) is 0. The summed E-state index contributed by atoms with van der Waals surface area (Å²) in [6.07, 6.45) is 7.58. The van der Waals surface area contributed by atoms with E-state index in [1.807, 2.05) is 35.2 Å². The predicted octanol–water partition coefficient (Wildman–Crippen LogP) is 2.79. The van der Waals surface area contributed by atoms with Crippen molar-refractivity contribution in [2.75, 3.05) is 19.8 Å². The summed E-state index contributed by atoms with van der Waals surface area (Å²) in [6, 6.07) is 8.63. The fourth-order valence-electron chi connectivity index (χ4n) is 2.50. The minimum absolute atomic E-state index is 0.213. The first kappa shape index (κ1) is 20.7. The molecule has 0 atom stereocenters. The molecular weight excluding hydrogens is 318 g/mol. The van der Waals surface area contributed by atoms with E-state index >= 15 is 0 Å². The zero-order chi connectivity index (χ0) is 18.5. The van der Waals surface area contributed by atoms with Crippen molar-refractivity contribution in [2.45, 2.75) is 45.7 Å². The van der Waals surface area contributed by atoms with E-state index in [0.29, 0.717) is 19.5 Å². The molecule has 0 aliphatic carbocycles. The van der Waals surface area contributed by atoms with Gasteiger partial charge in [-0.2, -0.15) is 0 Å². The Balaban J connectivity index is 2.97. The number of hydrogen-bond acceptors (Lipinski definition) is 5. The number of ether oxygens (including phenoxy) is 2. The molecule has 1 aromatic rings. The number of terminal acetylenes is 1. The van der Waals surface area contributed by atoms with Crippen LogP contribution in [0, 0.1) is 12.3 Å². The molecular formula is C20H27NO4. The maximum Gasteiger partial charge on any atom is 0.335 e. The molecule has 0 aliphatic rings. The Morgan fingerprint density at radius 2 is 1.68 bits per heavy atom. The van der Waals surface area contributed by atoms with Crippen LogP contribution in [0.5, 0.6) is 0 Å². The van der Waals surface area contributed by atoms with Gasteiger partial charge in [-0.1, -0.05) is 30.3 Å². The van der Waals surface area contributed by atoms with Crippen molar-refractivity contribution in [3.8, 4) is 12.3 Å². The van der Waals surface area contributed by atoms with E-state index < -0.39 is 18.0 Å². The van der Waals surface area contributed by atoms with Crippen LogP contribution in [0.2, 0.25) is 0 Å². The number of nitrogens with zero attached hydrogens (tertiary/aromatic N) is 1. The molecule has 0 saturated heterocycles. The van der Waals surface area contributed by atoms with Gasteiger partial charge in [0.1, 0.15) is 0 Å². The van der Waals surface area contributed by atoms with Crippen LogP contribution in [-0.4, -0.2) is 42.6 Å². The average Bonchev–Trinajstić information content (AvgIpc) is 2.60. The van der Waals surface area contributed by atoms with Gasteiger partial charge in [0.25, 0.3) is 0 Å². The van der Waals surface area contributed by atoms with Crippen molar-refractivity contribution in [1.82, 2.24) is 4.90 Å². The highest BCUT2D eigenvalue weighted by atomic mass is 16.6. The van der Waals surface area contributed by atoms with E-state index in [4.69, 9.17) is 15.9 Å². The Labute approximate surface area is 150 Å². The van der Waals surface area contributed by atoms with Crippen LogP contribution in [0.3, 0.4) is 0 Å². The fraction of sp³-hybridized carbons (Fsp3) is 0.500. The molecule has 0 fully saturated rings. The second-order valence-electron chi connectivity index (χ2n) is 5.52. The van der Waals surface area contributed by atoms with Crippen LogP contribution < -0.4 is 0 Å². The first-order valence-corrected chi connectivity index (χ1v) is 8.68. The van der Waals surface area contributed by atoms with Gasteiger partial charge in [-0.15, -0.1) is 12.3 Å². The Bertz CT molecular complexity index is 547. The van der Waals surface area contributed by atoms with E-state index in [2.05, 4.69) is 5.92 Å². The van der Waals surface area contributed by atoms with Crippen molar-refractivity contribution in [1.29, 1.82) is 0 Å². The topological polar surface area (TPSA) is 55.8 Å². The first-order chi connectivity index (χ1) is 12.1. The highest BCUT2D eigenvalue weighted by molar-refractivity contribution is 5.99. The van der Waals surface area contributed by atoms with Gasteiger partial charge in [-0.25, -0.2) is 9.59 Å². The van der Waals surface area contributed by atoms with Gasteiger partial charge in [0.2, 0.25) is 6.04 Å². The average molecular weight is 345 g/mol. The monoisotopic (exact) mass is 345 g/mol. The molecule has 0 unspecified atom stereocenters. The summed E-state index contributed by atoms with van der Waals surface area (Å²) in [7, 11) is 0. The number of carbonyl (C=O) groups is 2. The molecule has 0 aliphatic heterocycles. The summed E-state index contributed by atoms with van der Waals surface area (Å²) in [4.78, 5) is 26.6. The van der Waals surface area contributed by atoms with Crippen LogP contribution >= 0.6 is 0 Å². The van der Waals surface area contributed by atoms with Crippen molar-refractivity contribution in [3.63, 3.8) is 0 Å². The maximum absolute atomic E-state index is 12.4. The molecule has 0 radical (unpaired) electrons. The summed E-state index contributed by atoms with van der Waals surface area (Å²) < 4.78 is 10.2. The molecule has 0 spiro atoms. The van der Waals surface area contributed by atoms with Crippen molar-refractivity contribution in [3.05, 3.63) is 35.9 Å². The maximum atomic E-state index is 12.4. The SMILES string of the molecule is C#CCCCCN(Cc1ccccc1)C(C(=O)OCC)C(=O)OCC. The van der Waals surface area contributed by atoms with Crippen LogP contribution in [-0.2, 0) is 25.6 Å². The minimum Gasteiger partial charge on any atom is -0.464 e. The number of carbonyl (C=O) groups excluding carboxylic acids is 2. The lowest BCUT2D eigenvalue weighted by molar-refractivity contribution is -0.164. The van der Waals surface area contributed by atoms with Gasteiger partial charge in [-0.05, 0) is 38.8 Å². The molecule has 136 valence electrons. The van der Waals surface area contributed by atoms with Gasteiger partial charge >= 0.3 is 11.9 Å². The van der Waals surface area contributed by atoms with Crippen LogP contribution in [0.25, 0.3) is 0 Å². The third kappa shape index (κ3) is 7.40. The number of unbranched alkanes of at least 4 members (excludes halogenated alkanes) is 2. The summed E-state index contributed by atoms with van der Waals surface area (Å²) in [6.45, 7) is 4.87. The number of rotatable bonds is 11. The normalized spacial score (nSPS) is 10.5. The van der Waals surface area contributed by atoms with E-state index in [0.717, 1.165) is 18.4 Å². The molecule has 0 amide bonds. The quantitative estimate of drug-likeness (QED) is 0.267. The molecule has 0 heterocycles. The van der Waals surface area contributed by atoms with Gasteiger partial charge in [-0.3, -0.25) is 4.90 Å². The van der Waals surface area contributed by atoms with Gasteiger partial charge in [0, 0.05) is 13.0 Å². The van der Waals surface area contributed by atoms with Gasteiger partial charge in [0.05, 0.1) is 13.2 Å². The zero-order valence-electron chi connectivity index (χ0n) is 15.1. The van der Waals surface area contributed by atoms with Crippen LogP contribution in [0.1, 0.15) is 38.7 Å². The molecule has 5 heteroatoms. The highest BCUT2D eigenvalue weighted by Crippen LogP contribution is 2.13. The largest absolute Gasteiger partial charge is 0.464 e. The second-order valence-corrected chi connectivity index (χ2v) is 5.52. The smallest absolute Gasteiger partial charge is 0.335 e. The standard InChI is InChI=1S/C20H27NO4/c1-4-7-8-12-15-21(16-17-13-10-9-11-14-17)18(19(22)24-5-2)20(23)25-6-3/h1,9-11,13-14,18H,5-8,12,15-16H2,2-3H3. The Morgan fingerprint density at radius 3 is 2.20 bits per heavy atom. The molecule has 0 bridgehead atoms. The molecule has 0 N–H and O–H groups in total. The van der Waals surface area contributed by atoms with E-state index in [1.165, 1.54) is 0 Å². The molecule has 0 aromatic heterocycles. The van der Waals surface area contributed by atoms with Crippen LogP contribution in [0.4, 0.5) is 0 Å². The lowest BCUT2D eigenvalue weighted by Gasteiger charge is -2.28. The van der Waals surface area contributed by atoms with E-state index in [-0.39, 0.29) is 13.2 Å². The van der Waals surface area contributed by atoms with Crippen molar-refractivity contribution < 1.29 is 19.1 Å². The van der Waals surface area contributed by atoms with Crippen LogP contribution in [0.15, 0.2) is 30.3 Å². The number of hydrogen-bond donors (Lipinski definition) is 0. The molecule has 1 rings (SSSR count). The van der Waals surface area contributed by atoms with Crippen molar-refractivity contribution >= 4 is 11.9 Å². The first-order valence-electron chi connectivity index (χ1n) is 8.68. The number of benzene rings is 1. The Hall–Kier alpha value is -2.32. The zero-order valence-corrected chi connectivity index (χ0v) is 15.1. The van der Waals surface area contributed by atoms with Gasteiger partial charge < -0.3 is 9.47 Å². The second kappa shape index (κ2) is 12.1. The Kier molecular flexibility index (Phi) is 10.0. The highest BCUT2D eigenvalue weighted by Gasteiger charge is 2.35. The van der Waals surface area contributed by atoms with Crippen molar-refractivity contribution in [2.24, 2.45) is 0 Å². The van der Waals surface area contributed by atoms with E-state index in [1.54, 1.807) is 13.8 Å². The third-order valence-electron chi connectivity index (χ3n) is 3.63. The van der Waals surface area contributed by atoms with Gasteiger partial charge in [0.15, 0.2) is 0 Å². The summed E-state index contributed by atoms with van der Waals surface area (Å²) in [5.41, 5.74) is 1.01. The molecule has 0 saturated carbocycles. The lowest BCUT2D eigenvalue weighted by atomic mass is 10.1. The summed E-state index contributed by atoms with van der Waals surface area (Å²) >= 11 is 0. The molecule has 1 aromatic carbocycles. The molecule has 5 nitrogen and oxygen atoms in total. The predicted molar refractivity (Wildman–Crippen MR) is 96.6 cm³/mol. The lowest BCUT2D eigenvalue weighted by Crippen LogP contribution is -2.48.